The smallest absolute Gasteiger partial charge is 0.00347 e. The monoisotopic (exact) mass is 134 g/mol. The maximum absolute atomic E-state index is 3.94. The molecule has 0 aromatic carbocycles. The summed E-state index contributed by atoms with van der Waals surface area (Å²) in [6.45, 7) is 8.25. The molecule has 0 bridgehead atoms. The Morgan fingerprint density at radius 3 is 2.30 bits per heavy atom. The minimum absolute atomic E-state index is 0.560. The molecule has 1 rings (SSSR count). The van der Waals surface area contributed by atoms with E-state index in [1.165, 1.54) is 5.57 Å². The van der Waals surface area contributed by atoms with Crippen molar-refractivity contribution in [3.8, 4) is 0 Å². The van der Waals surface area contributed by atoms with E-state index in [0.717, 1.165) is 0 Å². The third kappa shape index (κ3) is 1.38. The first-order valence-electron chi connectivity index (χ1n) is 3.72. The second-order valence-corrected chi connectivity index (χ2v) is 3.00. The summed E-state index contributed by atoms with van der Waals surface area (Å²) in [7, 11) is 0. The van der Waals surface area contributed by atoms with Crippen LogP contribution in [0.4, 0.5) is 0 Å². The second-order valence-electron chi connectivity index (χ2n) is 3.00. The standard InChI is InChI=1S/C10H14/c1-8(2)10-7-5-4-6-9(10)3/h4-7,9-10H,1H2,2-3H3/t9-,10?/m1/s1. The fourth-order valence-electron chi connectivity index (χ4n) is 1.33. The van der Waals surface area contributed by atoms with Crippen molar-refractivity contribution in [2.75, 3.05) is 0 Å². The average molecular weight is 134 g/mol. The van der Waals surface area contributed by atoms with Crippen LogP contribution in [0.15, 0.2) is 36.5 Å². The zero-order valence-corrected chi connectivity index (χ0v) is 6.67. The molecular weight excluding hydrogens is 120 g/mol. The molecule has 0 heterocycles. The molecule has 1 unspecified atom stereocenters. The first-order valence-corrected chi connectivity index (χ1v) is 3.72. The number of allylic oxidation sites excluding steroid dienone is 5. The summed E-state index contributed by atoms with van der Waals surface area (Å²) < 4.78 is 0. The Morgan fingerprint density at radius 2 is 1.90 bits per heavy atom. The van der Waals surface area contributed by atoms with Gasteiger partial charge in [0.2, 0.25) is 0 Å². The van der Waals surface area contributed by atoms with Crippen LogP contribution in [0.2, 0.25) is 0 Å². The summed E-state index contributed by atoms with van der Waals surface area (Å²) in [5.74, 6) is 1.19. The SMILES string of the molecule is C=C(C)C1C=CC=C[C@H]1C. The van der Waals surface area contributed by atoms with Gasteiger partial charge in [0.1, 0.15) is 0 Å². The molecule has 0 nitrogen and oxygen atoms in total. The lowest BCUT2D eigenvalue weighted by Crippen LogP contribution is -2.09. The van der Waals surface area contributed by atoms with Crippen LogP contribution in [-0.2, 0) is 0 Å². The van der Waals surface area contributed by atoms with Crippen molar-refractivity contribution in [1.82, 2.24) is 0 Å². The van der Waals surface area contributed by atoms with E-state index in [4.69, 9.17) is 0 Å². The lowest BCUT2D eigenvalue weighted by molar-refractivity contribution is 0.578. The number of hydrogen-bond donors (Lipinski definition) is 0. The summed E-state index contributed by atoms with van der Waals surface area (Å²) in [6.07, 6.45) is 8.63. The van der Waals surface area contributed by atoms with Crippen LogP contribution in [0.1, 0.15) is 13.8 Å². The van der Waals surface area contributed by atoms with Gasteiger partial charge in [0, 0.05) is 5.92 Å². The summed E-state index contributed by atoms with van der Waals surface area (Å²) in [5, 5.41) is 0. The van der Waals surface area contributed by atoms with Crippen LogP contribution >= 0.6 is 0 Å². The molecule has 1 aliphatic rings. The minimum Gasteiger partial charge on any atom is -0.0995 e. The van der Waals surface area contributed by atoms with E-state index in [-0.39, 0.29) is 0 Å². The van der Waals surface area contributed by atoms with Gasteiger partial charge in [0.15, 0.2) is 0 Å². The van der Waals surface area contributed by atoms with Gasteiger partial charge in [0.05, 0.1) is 0 Å². The summed E-state index contributed by atoms with van der Waals surface area (Å²) in [4.78, 5) is 0. The maximum atomic E-state index is 3.94. The fraction of sp³-hybridized carbons (Fsp3) is 0.400. The van der Waals surface area contributed by atoms with Crippen LogP contribution in [0, 0.1) is 11.8 Å². The van der Waals surface area contributed by atoms with Crippen molar-refractivity contribution in [1.29, 1.82) is 0 Å². The van der Waals surface area contributed by atoms with Gasteiger partial charge in [-0.1, -0.05) is 43.4 Å². The Morgan fingerprint density at radius 1 is 1.30 bits per heavy atom. The molecule has 0 aromatic heterocycles. The Balaban J connectivity index is 2.70. The van der Waals surface area contributed by atoms with Crippen molar-refractivity contribution in [3.63, 3.8) is 0 Å². The van der Waals surface area contributed by atoms with Crippen molar-refractivity contribution >= 4 is 0 Å². The van der Waals surface area contributed by atoms with Gasteiger partial charge >= 0.3 is 0 Å². The first-order chi connectivity index (χ1) is 4.72. The molecule has 2 atom stereocenters. The predicted molar refractivity (Wildman–Crippen MR) is 45.7 cm³/mol. The van der Waals surface area contributed by atoms with E-state index in [2.05, 4.69) is 44.7 Å². The molecule has 0 aromatic rings. The lowest BCUT2D eigenvalue weighted by atomic mass is 9.85. The summed E-state index contributed by atoms with van der Waals surface area (Å²) in [5.41, 5.74) is 1.26. The second kappa shape index (κ2) is 2.87. The Kier molecular flexibility index (Phi) is 2.10. The van der Waals surface area contributed by atoms with Gasteiger partial charge in [-0.2, -0.15) is 0 Å². The molecule has 0 saturated heterocycles. The highest BCUT2D eigenvalue weighted by molar-refractivity contribution is 5.20. The largest absolute Gasteiger partial charge is 0.0995 e. The molecule has 0 heteroatoms. The topological polar surface area (TPSA) is 0 Å². The fourth-order valence-corrected chi connectivity index (χ4v) is 1.33. The van der Waals surface area contributed by atoms with Gasteiger partial charge in [-0.3, -0.25) is 0 Å². The molecule has 54 valence electrons. The predicted octanol–water partition coefficient (Wildman–Crippen LogP) is 2.94. The van der Waals surface area contributed by atoms with Gasteiger partial charge in [0.25, 0.3) is 0 Å². The first kappa shape index (κ1) is 7.33. The Labute approximate surface area is 62.9 Å². The van der Waals surface area contributed by atoms with Crippen molar-refractivity contribution in [2.45, 2.75) is 13.8 Å². The molecule has 0 radical (unpaired) electrons. The van der Waals surface area contributed by atoms with E-state index in [0.29, 0.717) is 11.8 Å². The van der Waals surface area contributed by atoms with E-state index in [9.17, 15) is 0 Å². The molecule has 1 aliphatic carbocycles. The van der Waals surface area contributed by atoms with E-state index < -0.39 is 0 Å². The van der Waals surface area contributed by atoms with Crippen molar-refractivity contribution < 1.29 is 0 Å². The third-order valence-corrected chi connectivity index (χ3v) is 1.98. The molecule has 0 amide bonds. The number of rotatable bonds is 1. The van der Waals surface area contributed by atoms with Crippen molar-refractivity contribution in [2.24, 2.45) is 11.8 Å². The molecule has 0 saturated carbocycles. The zero-order valence-electron chi connectivity index (χ0n) is 6.67. The van der Waals surface area contributed by atoms with Crippen LogP contribution in [0.25, 0.3) is 0 Å². The molecule has 0 spiro atoms. The van der Waals surface area contributed by atoms with Gasteiger partial charge in [-0.15, -0.1) is 0 Å². The molecule has 0 aliphatic heterocycles. The van der Waals surface area contributed by atoms with Gasteiger partial charge in [-0.05, 0) is 12.8 Å². The van der Waals surface area contributed by atoms with Gasteiger partial charge < -0.3 is 0 Å². The Bertz CT molecular complexity index is 184. The van der Waals surface area contributed by atoms with E-state index >= 15 is 0 Å². The van der Waals surface area contributed by atoms with Crippen LogP contribution in [-0.4, -0.2) is 0 Å². The summed E-state index contributed by atoms with van der Waals surface area (Å²) >= 11 is 0. The molecule has 0 N–H and O–H groups in total. The van der Waals surface area contributed by atoms with Crippen LogP contribution < -0.4 is 0 Å². The normalized spacial score (nSPS) is 30.6. The minimum atomic E-state index is 0.560. The summed E-state index contributed by atoms with van der Waals surface area (Å²) in [6, 6.07) is 0. The van der Waals surface area contributed by atoms with E-state index in [1.807, 2.05) is 0 Å². The molecular formula is C10H14. The highest BCUT2D eigenvalue weighted by atomic mass is 14.2. The Hall–Kier alpha value is -0.780. The average Bonchev–Trinajstić information content (AvgIpc) is 1.88. The molecule has 0 fully saturated rings. The third-order valence-electron chi connectivity index (χ3n) is 1.98. The van der Waals surface area contributed by atoms with E-state index in [1.54, 1.807) is 0 Å². The maximum Gasteiger partial charge on any atom is 0.00347 e. The highest BCUT2D eigenvalue weighted by Crippen LogP contribution is 2.24. The van der Waals surface area contributed by atoms with Crippen LogP contribution in [0.5, 0.6) is 0 Å². The number of hydrogen-bond acceptors (Lipinski definition) is 0. The van der Waals surface area contributed by atoms with Gasteiger partial charge in [-0.25, -0.2) is 0 Å². The van der Waals surface area contributed by atoms with Crippen LogP contribution in [0.3, 0.4) is 0 Å². The molecule has 10 heavy (non-hydrogen) atoms. The zero-order chi connectivity index (χ0) is 7.56. The van der Waals surface area contributed by atoms with Crippen molar-refractivity contribution in [3.05, 3.63) is 36.5 Å². The highest BCUT2D eigenvalue weighted by Gasteiger charge is 2.13. The lowest BCUT2D eigenvalue weighted by Gasteiger charge is -2.19. The quantitative estimate of drug-likeness (QED) is 0.484.